The molecule has 0 heterocycles. The quantitative estimate of drug-likeness (QED) is 0.702. The second-order valence-electron chi connectivity index (χ2n) is 3.33. The molecule has 0 bridgehead atoms. The second-order valence-corrected chi connectivity index (χ2v) is 5.35. The fourth-order valence-corrected chi connectivity index (χ4v) is 2.70. The van der Waals surface area contributed by atoms with Crippen molar-refractivity contribution in [2.24, 2.45) is 0 Å². The van der Waals surface area contributed by atoms with Gasteiger partial charge in [0.1, 0.15) is 5.75 Å². The van der Waals surface area contributed by atoms with Gasteiger partial charge in [0.15, 0.2) is 0 Å². The Morgan fingerprint density at radius 3 is 2.33 bits per heavy atom. The van der Waals surface area contributed by atoms with E-state index >= 15 is 0 Å². The summed E-state index contributed by atoms with van der Waals surface area (Å²) in [5.74, 6) is 0.140. The van der Waals surface area contributed by atoms with Gasteiger partial charge in [-0.3, -0.25) is 0 Å². The number of ether oxygens (including phenoxy) is 1. The van der Waals surface area contributed by atoms with Crippen molar-refractivity contribution >= 4 is 49.1 Å². The SMILES string of the molecule is OC(CCl)CNc1c(Br)cc(OC(F)F)cc1Br. The van der Waals surface area contributed by atoms with Crippen LogP contribution in [-0.2, 0) is 0 Å². The van der Waals surface area contributed by atoms with Gasteiger partial charge in [-0.05, 0) is 44.0 Å². The third kappa shape index (κ3) is 4.87. The summed E-state index contributed by atoms with van der Waals surface area (Å²) >= 11 is 11.9. The molecule has 1 aromatic carbocycles. The molecule has 0 radical (unpaired) electrons. The molecule has 1 aromatic rings. The lowest BCUT2D eigenvalue weighted by Crippen LogP contribution is -2.21. The number of benzene rings is 1. The third-order valence-electron chi connectivity index (χ3n) is 1.93. The van der Waals surface area contributed by atoms with Gasteiger partial charge in [0, 0.05) is 15.5 Å². The summed E-state index contributed by atoms with van der Waals surface area (Å²) in [6, 6.07) is 2.82. The molecule has 0 aliphatic carbocycles. The maximum atomic E-state index is 12.1. The lowest BCUT2D eigenvalue weighted by atomic mass is 10.3. The van der Waals surface area contributed by atoms with Gasteiger partial charge in [-0.1, -0.05) is 0 Å². The first-order valence-electron chi connectivity index (χ1n) is 4.85. The normalized spacial score (nSPS) is 12.6. The smallest absolute Gasteiger partial charge is 0.387 e. The van der Waals surface area contributed by atoms with Crippen molar-refractivity contribution in [1.82, 2.24) is 0 Å². The van der Waals surface area contributed by atoms with Gasteiger partial charge in [0.2, 0.25) is 0 Å². The highest BCUT2D eigenvalue weighted by Crippen LogP contribution is 2.35. The zero-order chi connectivity index (χ0) is 13.7. The van der Waals surface area contributed by atoms with E-state index in [1.54, 1.807) is 0 Å². The third-order valence-corrected chi connectivity index (χ3v) is 3.54. The van der Waals surface area contributed by atoms with Gasteiger partial charge in [-0.2, -0.15) is 8.78 Å². The summed E-state index contributed by atoms with van der Waals surface area (Å²) in [6.07, 6.45) is -0.692. The summed E-state index contributed by atoms with van der Waals surface area (Å²) in [5, 5.41) is 12.3. The lowest BCUT2D eigenvalue weighted by Gasteiger charge is -2.15. The molecule has 0 amide bonds. The number of hydrogen-bond acceptors (Lipinski definition) is 3. The van der Waals surface area contributed by atoms with E-state index in [0.29, 0.717) is 14.6 Å². The van der Waals surface area contributed by atoms with Gasteiger partial charge in [-0.25, -0.2) is 0 Å². The van der Waals surface area contributed by atoms with Gasteiger partial charge in [-0.15, -0.1) is 11.6 Å². The molecule has 0 saturated heterocycles. The largest absolute Gasteiger partial charge is 0.435 e. The Bertz CT molecular complexity index is 386. The molecule has 8 heteroatoms. The molecule has 102 valence electrons. The summed E-state index contributed by atoms with van der Waals surface area (Å²) in [4.78, 5) is 0. The lowest BCUT2D eigenvalue weighted by molar-refractivity contribution is -0.0499. The van der Waals surface area contributed by atoms with Crippen molar-refractivity contribution in [2.45, 2.75) is 12.7 Å². The molecule has 0 aliphatic rings. The summed E-state index contributed by atoms with van der Waals surface area (Å²) in [5.41, 5.74) is 0.626. The fourth-order valence-electron chi connectivity index (χ4n) is 1.16. The Labute approximate surface area is 125 Å². The average Bonchev–Trinajstić information content (AvgIpc) is 2.26. The van der Waals surface area contributed by atoms with E-state index in [2.05, 4.69) is 41.9 Å². The van der Waals surface area contributed by atoms with Crippen molar-refractivity contribution in [2.75, 3.05) is 17.7 Å². The van der Waals surface area contributed by atoms with Crippen LogP contribution in [0.4, 0.5) is 14.5 Å². The zero-order valence-electron chi connectivity index (χ0n) is 8.97. The summed E-state index contributed by atoms with van der Waals surface area (Å²) < 4.78 is 29.5. The molecule has 0 aliphatic heterocycles. The van der Waals surface area contributed by atoms with Crippen molar-refractivity contribution in [3.8, 4) is 5.75 Å². The van der Waals surface area contributed by atoms with Crippen LogP contribution in [0.1, 0.15) is 0 Å². The number of rotatable bonds is 6. The minimum absolute atomic E-state index is 0.0344. The second kappa shape index (κ2) is 7.47. The number of hydrogen-bond donors (Lipinski definition) is 2. The molecule has 2 N–H and O–H groups in total. The number of aliphatic hydroxyl groups is 1. The molecule has 1 atom stereocenters. The predicted octanol–water partition coefficient (Wildman–Crippen LogP) is 3.82. The standard InChI is InChI=1S/C10H10Br2ClF2NO2/c11-7-1-6(18-10(14)15)2-8(12)9(7)16-4-5(17)3-13/h1-2,5,10,16-17H,3-4H2. The van der Waals surface area contributed by atoms with Crippen molar-refractivity contribution in [1.29, 1.82) is 0 Å². The van der Waals surface area contributed by atoms with Crippen LogP contribution < -0.4 is 10.1 Å². The van der Waals surface area contributed by atoms with Gasteiger partial charge < -0.3 is 15.2 Å². The number of halogens is 5. The Hall–Kier alpha value is -0.110. The van der Waals surface area contributed by atoms with E-state index in [1.165, 1.54) is 12.1 Å². The molecule has 0 spiro atoms. The molecule has 3 nitrogen and oxygen atoms in total. The molecular weight excluding hydrogens is 399 g/mol. The number of aliphatic hydroxyl groups excluding tert-OH is 1. The Kier molecular flexibility index (Phi) is 6.62. The highest BCUT2D eigenvalue weighted by atomic mass is 79.9. The monoisotopic (exact) mass is 407 g/mol. The van der Waals surface area contributed by atoms with Crippen LogP contribution in [0.2, 0.25) is 0 Å². The van der Waals surface area contributed by atoms with Crippen LogP contribution in [0.25, 0.3) is 0 Å². The maximum absolute atomic E-state index is 12.1. The molecule has 0 fully saturated rings. The van der Waals surface area contributed by atoms with Crippen molar-refractivity contribution in [3.05, 3.63) is 21.1 Å². The molecule has 0 aromatic heterocycles. The molecule has 1 unspecified atom stereocenters. The van der Waals surface area contributed by atoms with Crippen molar-refractivity contribution in [3.63, 3.8) is 0 Å². The van der Waals surface area contributed by atoms with E-state index < -0.39 is 12.7 Å². The molecule has 0 saturated carbocycles. The topological polar surface area (TPSA) is 41.5 Å². The van der Waals surface area contributed by atoms with Crippen molar-refractivity contribution < 1.29 is 18.6 Å². The van der Waals surface area contributed by atoms with Crippen LogP contribution in [-0.4, -0.2) is 30.2 Å². The highest BCUT2D eigenvalue weighted by Gasteiger charge is 2.12. The fraction of sp³-hybridized carbons (Fsp3) is 0.400. The van der Waals surface area contributed by atoms with Gasteiger partial charge in [0.05, 0.1) is 17.7 Å². The van der Waals surface area contributed by atoms with E-state index in [0.717, 1.165) is 0 Å². The minimum Gasteiger partial charge on any atom is -0.435 e. The first-order valence-corrected chi connectivity index (χ1v) is 6.97. The van der Waals surface area contributed by atoms with Crippen LogP contribution in [0.15, 0.2) is 21.1 Å². The van der Waals surface area contributed by atoms with E-state index in [9.17, 15) is 13.9 Å². The predicted molar refractivity (Wildman–Crippen MR) is 73.7 cm³/mol. The average molecular weight is 409 g/mol. The van der Waals surface area contributed by atoms with E-state index in [4.69, 9.17) is 11.6 Å². The first kappa shape index (κ1) is 15.9. The van der Waals surface area contributed by atoms with Crippen LogP contribution in [0, 0.1) is 0 Å². The Morgan fingerprint density at radius 2 is 1.89 bits per heavy atom. The maximum Gasteiger partial charge on any atom is 0.387 e. The number of anilines is 1. The highest BCUT2D eigenvalue weighted by molar-refractivity contribution is 9.11. The Morgan fingerprint density at radius 1 is 1.33 bits per heavy atom. The van der Waals surface area contributed by atoms with Crippen LogP contribution in [0.3, 0.4) is 0 Å². The molecule has 1 rings (SSSR count). The summed E-state index contributed by atoms with van der Waals surface area (Å²) in [6.45, 7) is -2.63. The molecular formula is C10H10Br2ClF2NO2. The van der Waals surface area contributed by atoms with Gasteiger partial charge in [0.25, 0.3) is 0 Å². The number of alkyl halides is 3. The Balaban J connectivity index is 2.81. The van der Waals surface area contributed by atoms with E-state index in [1.807, 2.05) is 0 Å². The minimum atomic E-state index is -2.87. The van der Waals surface area contributed by atoms with Crippen LogP contribution in [0.5, 0.6) is 5.75 Å². The first-order chi connectivity index (χ1) is 8.43. The molecule has 18 heavy (non-hydrogen) atoms. The van der Waals surface area contributed by atoms with Gasteiger partial charge >= 0.3 is 6.61 Å². The van der Waals surface area contributed by atoms with E-state index in [-0.39, 0.29) is 18.2 Å². The number of nitrogens with one attached hydrogen (secondary N) is 1. The zero-order valence-corrected chi connectivity index (χ0v) is 12.9. The van der Waals surface area contributed by atoms with Crippen LogP contribution >= 0.6 is 43.5 Å². The summed E-state index contributed by atoms with van der Waals surface area (Å²) in [7, 11) is 0.